The van der Waals surface area contributed by atoms with Gasteiger partial charge in [0.1, 0.15) is 6.04 Å². The van der Waals surface area contributed by atoms with Crippen LogP contribution in [0.25, 0.3) is 0 Å². The predicted molar refractivity (Wildman–Crippen MR) is 82.9 cm³/mol. The third-order valence-electron chi connectivity index (χ3n) is 3.20. The molecule has 21 heavy (non-hydrogen) atoms. The average Bonchev–Trinajstić information content (AvgIpc) is 2.43. The van der Waals surface area contributed by atoms with Crippen LogP contribution in [0.1, 0.15) is 45.2 Å². The Bertz CT molecular complexity index is 583. The molecular formula is C15H19NO4S. The Labute approximate surface area is 127 Å². The maximum absolute atomic E-state index is 12.2. The molecule has 1 atom stereocenters. The fraction of sp³-hybridized carbons (Fsp3) is 0.400. The van der Waals surface area contributed by atoms with Crippen LogP contribution in [0.15, 0.2) is 12.1 Å². The predicted octanol–water partition coefficient (Wildman–Crippen LogP) is 2.18. The largest absolute Gasteiger partial charge is 0.480 e. The summed E-state index contributed by atoms with van der Waals surface area (Å²) in [5, 5.41) is 8.44. The number of Topliss-reactive ketones (excluding diaryl/α,β-unsaturated/α-hetero) is 1. The highest BCUT2D eigenvalue weighted by Crippen LogP contribution is 2.23. The van der Waals surface area contributed by atoms with Crippen molar-refractivity contribution in [1.82, 2.24) is 0 Å². The number of thioether (sulfide) groups is 1. The smallest absolute Gasteiger partial charge is 0.321 e. The van der Waals surface area contributed by atoms with Crippen molar-refractivity contribution in [3.8, 4) is 0 Å². The van der Waals surface area contributed by atoms with Gasteiger partial charge < -0.3 is 10.8 Å². The molecule has 1 aromatic rings. The van der Waals surface area contributed by atoms with Gasteiger partial charge in [-0.2, -0.15) is 0 Å². The van der Waals surface area contributed by atoms with E-state index in [1.165, 1.54) is 0 Å². The van der Waals surface area contributed by atoms with E-state index >= 15 is 0 Å². The quantitative estimate of drug-likeness (QED) is 0.782. The first-order valence-corrected chi connectivity index (χ1v) is 7.57. The number of aliphatic carboxylic acids is 1. The molecule has 0 saturated heterocycles. The van der Waals surface area contributed by atoms with Crippen LogP contribution in [-0.2, 0) is 4.79 Å². The van der Waals surface area contributed by atoms with Crippen molar-refractivity contribution in [3.05, 3.63) is 34.4 Å². The van der Waals surface area contributed by atoms with Gasteiger partial charge in [0.15, 0.2) is 5.78 Å². The van der Waals surface area contributed by atoms with E-state index in [0.29, 0.717) is 23.1 Å². The van der Waals surface area contributed by atoms with Gasteiger partial charge in [0.25, 0.3) is 0 Å². The van der Waals surface area contributed by atoms with Gasteiger partial charge in [-0.3, -0.25) is 14.4 Å². The van der Waals surface area contributed by atoms with E-state index in [1.807, 2.05) is 6.92 Å². The molecule has 3 N–H and O–H groups in total. The van der Waals surface area contributed by atoms with E-state index in [9.17, 15) is 14.4 Å². The maximum atomic E-state index is 12.2. The zero-order valence-electron chi connectivity index (χ0n) is 12.3. The van der Waals surface area contributed by atoms with Crippen LogP contribution in [0.2, 0.25) is 0 Å². The molecule has 1 unspecified atom stereocenters. The highest BCUT2D eigenvalue weighted by molar-refractivity contribution is 8.14. The van der Waals surface area contributed by atoms with Crippen LogP contribution < -0.4 is 5.73 Å². The van der Waals surface area contributed by atoms with Crippen LogP contribution in [0.4, 0.5) is 0 Å². The Morgan fingerprint density at radius 2 is 1.90 bits per heavy atom. The average molecular weight is 309 g/mol. The third kappa shape index (κ3) is 4.15. The fourth-order valence-electron chi connectivity index (χ4n) is 1.99. The minimum absolute atomic E-state index is 0.00145. The standard InChI is InChI=1S/C15H19NO4S/c1-4-12(17)13-8(2)5-6-10(9(13)3)15(20)21-7-11(16)14(18)19/h5-6,11H,4,7,16H2,1-3H3,(H,18,19). The van der Waals surface area contributed by atoms with E-state index in [4.69, 9.17) is 10.8 Å². The topological polar surface area (TPSA) is 97.5 Å². The van der Waals surface area contributed by atoms with E-state index in [2.05, 4.69) is 0 Å². The van der Waals surface area contributed by atoms with E-state index < -0.39 is 12.0 Å². The number of benzene rings is 1. The van der Waals surface area contributed by atoms with Gasteiger partial charge in [0.05, 0.1) is 0 Å². The zero-order chi connectivity index (χ0) is 16.2. The summed E-state index contributed by atoms with van der Waals surface area (Å²) in [6, 6.07) is 2.32. The summed E-state index contributed by atoms with van der Waals surface area (Å²) in [6.07, 6.45) is 0.371. The molecule has 0 aromatic heterocycles. The Kier molecular flexibility index (Phi) is 6.11. The summed E-state index contributed by atoms with van der Waals surface area (Å²) in [6.45, 7) is 5.34. The molecule has 0 fully saturated rings. The molecule has 0 amide bonds. The van der Waals surface area contributed by atoms with Crippen molar-refractivity contribution in [2.24, 2.45) is 5.73 Å². The number of carbonyl (C=O) groups is 3. The number of hydrogen-bond donors (Lipinski definition) is 2. The van der Waals surface area contributed by atoms with Crippen LogP contribution in [-0.4, -0.2) is 33.8 Å². The summed E-state index contributed by atoms with van der Waals surface area (Å²) >= 11 is 0.858. The first-order chi connectivity index (χ1) is 9.79. The Morgan fingerprint density at radius 3 is 2.43 bits per heavy atom. The molecule has 0 aliphatic carbocycles. The van der Waals surface area contributed by atoms with Crippen molar-refractivity contribution >= 4 is 28.6 Å². The van der Waals surface area contributed by atoms with Crippen LogP contribution >= 0.6 is 11.8 Å². The second-order valence-electron chi connectivity index (χ2n) is 4.75. The normalized spacial score (nSPS) is 12.0. The van der Waals surface area contributed by atoms with Gasteiger partial charge in [0.2, 0.25) is 5.12 Å². The number of aryl methyl sites for hydroxylation is 1. The molecule has 5 nitrogen and oxygen atoms in total. The highest BCUT2D eigenvalue weighted by Gasteiger charge is 2.20. The molecule has 114 valence electrons. The number of carboxylic acids is 1. The van der Waals surface area contributed by atoms with Gasteiger partial charge in [0, 0.05) is 23.3 Å². The lowest BCUT2D eigenvalue weighted by Gasteiger charge is -2.12. The number of ketones is 1. The zero-order valence-corrected chi connectivity index (χ0v) is 13.1. The molecule has 0 saturated carbocycles. The van der Waals surface area contributed by atoms with Crippen LogP contribution in [0, 0.1) is 13.8 Å². The van der Waals surface area contributed by atoms with Crippen molar-refractivity contribution in [3.63, 3.8) is 0 Å². The molecule has 0 spiro atoms. The maximum Gasteiger partial charge on any atom is 0.321 e. The molecule has 6 heteroatoms. The lowest BCUT2D eigenvalue weighted by atomic mass is 9.94. The number of carboxylic acid groups (broad SMARTS) is 1. The second-order valence-corrected chi connectivity index (χ2v) is 5.74. The number of rotatable bonds is 6. The molecule has 0 bridgehead atoms. The minimum Gasteiger partial charge on any atom is -0.480 e. The van der Waals surface area contributed by atoms with Gasteiger partial charge >= 0.3 is 5.97 Å². The van der Waals surface area contributed by atoms with Crippen LogP contribution in [0.3, 0.4) is 0 Å². The van der Waals surface area contributed by atoms with Crippen molar-refractivity contribution in [2.45, 2.75) is 33.2 Å². The summed E-state index contributed by atoms with van der Waals surface area (Å²) < 4.78 is 0. The molecule has 0 aliphatic rings. The van der Waals surface area contributed by atoms with Crippen LogP contribution in [0.5, 0.6) is 0 Å². The first kappa shape index (κ1) is 17.4. The lowest BCUT2D eigenvalue weighted by Crippen LogP contribution is -2.32. The molecular weight excluding hydrogens is 290 g/mol. The van der Waals surface area contributed by atoms with E-state index in [-0.39, 0.29) is 16.7 Å². The Balaban J connectivity index is 3.01. The number of hydrogen-bond acceptors (Lipinski definition) is 5. The van der Waals surface area contributed by atoms with Gasteiger partial charge in [-0.25, -0.2) is 0 Å². The first-order valence-electron chi connectivity index (χ1n) is 6.58. The SMILES string of the molecule is CCC(=O)c1c(C)ccc(C(=O)SCC(N)C(=O)O)c1C. The van der Waals surface area contributed by atoms with E-state index in [0.717, 1.165) is 17.3 Å². The van der Waals surface area contributed by atoms with E-state index in [1.54, 1.807) is 26.0 Å². The van der Waals surface area contributed by atoms with Crippen molar-refractivity contribution < 1.29 is 19.5 Å². The Morgan fingerprint density at radius 1 is 1.29 bits per heavy atom. The van der Waals surface area contributed by atoms with Gasteiger partial charge in [-0.1, -0.05) is 24.8 Å². The summed E-state index contributed by atoms with van der Waals surface area (Å²) in [4.78, 5) is 34.8. The van der Waals surface area contributed by atoms with Gasteiger partial charge in [-0.05, 0) is 31.0 Å². The molecule has 0 radical (unpaired) electrons. The second kappa shape index (κ2) is 7.38. The van der Waals surface area contributed by atoms with Crippen molar-refractivity contribution in [1.29, 1.82) is 0 Å². The number of carbonyl (C=O) groups excluding carboxylic acids is 2. The van der Waals surface area contributed by atoms with Gasteiger partial charge in [-0.15, -0.1) is 0 Å². The summed E-state index contributed by atoms with van der Waals surface area (Å²) in [7, 11) is 0. The Hall–Kier alpha value is -1.66. The molecule has 0 heterocycles. The molecule has 1 aromatic carbocycles. The molecule has 1 rings (SSSR count). The highest BCUT2D eigenvalue weighted by atomic mass is 32.2. The third-order valence-corrected chi connectivity index (χ3v) is 4.21. The number of nitrogens with two attached hydrogens (primary N) is 1. The molecule has 0 aliphatic heterocycles. The fourth-order valence-corrected chi connectivity index (χ4v) is 2.84. The van der Waals surface area contributed by atoms with Crippen molar-refractivity contribution in [2.75, 3.05) is 5.75 Å². The summed E-state index contributed by atoms with van der Waals surface area (Å²) in [5.74, 6) is -1.15. The summed E-state index contributed by atoms with van der Waals surface area (Å²) in [5.41, 5.74) is 7.86. The lowest BCUT2D eigenvalue weighted by molar-refractivity contribution is -0.137. The minimum atomic E-state index is -1.14. The monoisotopic (exact) mass is 309 g/mol.